The molecule has 0 heteroatoms. The summed E-state index contributed by atoms with van der Waals surface area (Å²) in [6.07, 6.45) is 3.55. The molecule has 62 valence electrons. The van der Waals surface area contributed by atoms with Crippen LogP contribution in [0.2, 0.25) is 0 Å². The molecule has 1 fully saturated rings. The smallest absolute Gasteiger partial charge is 0.0111 e. The van der Waals surface area contributed by atoms with Crippen molar-refractivity contribution >= 4 is 0 Å². The van der Waals surface area contributed by atoms with Gasteiger partial charge in [0.1, 0.15) is 0 Å². The Hall–Kier alpha value is -0.520. The summed E-state index contributed by atoms with van der Waals surface area (Å²) in [6, 6.07) is 0. The van der Waals surface area contributed by atoms with Crippen LogP contribution in [-0.4, -0.2) is 0 Å². The Labute approximate surface area is 70.0 Å². The first kappa shape index (κ1) is 8.58. The Morgan fingerprint density at radius 1 is 1.45 bits per heavy atom. The summed E-state index contributed by atoms with van der Waals surface area (Å²) >= 11 is 0. The number of rotatable bonds is 1. The molecule has 11 heavy (non-hydrogen) atoms. The summed E-state index contributed by atoms with van der Waals surface area (Å²) in [4.78, 5) is 0. The summed E-state index contributed by atoms with van der Waals surface area (Å²) in [5.41, 5.74) is 2.76. The molecule has 0 aliphatic heterocycles. The van der Waals surface area contributed by atoms with E-state index in [0.29, 0.717) is 5.92 Å². The van der Waals surface area contributed by atoms with E-state index in [0.717, 1.165) is 12.3 Å². The number of hydrogen-bond donors (Lipinski definition) is 0. The zero-order valence-corrected chi connectivity index (χ0v) is 7.69. The first-order chi connectivity index (χ1) is 5.15. The first-order valence-electron chi connectivity index (χ1n) is 4.49. The molecule has 0 N–H and O–H groups in total. The maximum atomic E-state index is 4.08. The standard InChI is InChI=1S/C11H18/c1-5-11-7-8(2)6-9(3)10(11)4/h10-11H,2-3,5-7H2,1,4H3/t10-,11+/m1/s1. The van der Waals surface area contributed by atoms with Gasteiger partial charge in [-0.05, 0) is 24.7 Å². The minimum absolute atomic E-state index is 0.713. The van der Waals surface area contributed by atoms with Crippen molar-refractivity contribution in [2.24, 2.45) is 11.8 Å². The molecule has 0 heterocycles. The van der Waals surface area contributed by atoms with Gasteiger partial charge < -0.3 is 0 Å². The van der Waals surface area contributed by atoms with Crippen LogP contribution in [-0.2, 0) is 0 Å². The summed E-state index contributed by atoms with van der Waals surface area (Å²) < 4.78 is 0. The zero-order valence-electron chi connectivity index (χ0n) is 7.69. The topological polar surface area (TPSA) is 0 Å². The van der Waals surface area contributed by atoms with E-state index in [-0.39, 0.29) is 0 Å². The van der Waals surface area contributed by atoms with Crippen LogP contribution in [0.1, 0.15) is 33.1 Å². The number of allylic oxidation sites excluding steroid dienone is 2. The Morgan fingerprint density at radius 3 is 2.64 bits per heavy atom. The van der Waals surface area contributed by atoms with Crippen molar-refractivity contribution in [3.05, 3.63) is 24.3 Å². The highest BCUT2D eigenvalue weighted by atomic mass is 14.3. The second-order valence-electron chi connectivity index (χ2n) is 3.75. The zero-order chi connectivity index (χ0) is 8.43. The fourth-order valence-electron chi connectivity index (χ4n) is 1.93. The van der Waals surface area contributed by atoms with Gasteiger partial charge in [0.15, 0.2) is 0 Å². The molecule has 1 aliphatic rings. The monoisotopic (exact) mass is 150 g/mol. The van der Waals surface area contributed by atoms with Gasteiger partial charge in [-0.25, -0.2) is 0 Å². The first-order valence-corrected chi connectivity index (χ1v) is 4.49. The van der Waals surface area contributed by atoms with Gasteiger partial charge in [0.05, 0.1) is 0 Å². The van der Waals surface area contributed by atoms with Crippen molar-refractivity contribution in [3.63, 3.8) is 0 Å². The molecule has 0 saturated heterocycles. The molecule has 1 saturated carbocycles. The molecule has 0 bridgehead atoms. The minimum atomic E-state index is 0.713. The molecular formula is C11H18. The fourth-order valence-corrected chi connectivity index (χ4v) is 1.93. The van der Waals surface area contributed by atoms with Crippen molar-refractivity contribution in [3.8, 4) is 0 Å². The maximum Gasteiger partial charge on any atom is -0.0111 e. The van der Waals surface area contributed by atoms with E-state index in [1.165, 1.54) is 24.0 Å². The van der Waals surface area contributed by atoms with Crippen molar-refractivity contribution < 1.29 is 0 Å². The van der Waals surface area contributed by atoms with Crippen LogP contribution in [0.5, 0.6) is 0 Å². The van der Waals surface area contributed by atoms with Crippen LogP contribution < -0.4 is 0 Å². The van der Waals surface area contributed by atoms with E-state index < -0.39 is 0 Å². The SMILES string of the molecule is C=C1CC(=C)[C@@H](C)[C@@H](CC)C1. The van der Waals surface area contributed by atoms with Crippen LogP contribution >= 0.6 is 0 Å². The third-order valence-corrected chi connectivity index (χ3v) is 2.90. The molecule has 0 amide bonds. The molecule has 0 spiro atoms. The van der Waals surface area contributed by atoms with E-state index in [4.69, 9.17) is 0 Å². The summed E-state index contributed by atoms with van der Waals surface area (Å²) in [6.45, 7) is 12.7. The summed E-state index contributed by atoms with van der Waals surface area (Å²) in [5.74, 6) is 1.52. The van der Waals surface area contributed by atoms with Gasteiger partial charge in [-0.3, -0.25) is 0 Å². The molecule has 1 aliphatic carbocycles. The van der Waals surface area contributed by atoms with E-state index >= 15 is 0 Å². The highest BCUT2D eigenvalue weighted by Gasteiger charge is 2.23. The van der Waals surface area contributed by atoms with E-state index in [1.54, 1.807) is 0 Å². The second kappa shape index (κ2) is 3.25. The van der Waals surface area contributed by atoms with Gasteiger partial charge in [-0.2, -0.15) is 0 Å². The molecular weight excluding hydrogens is 132 g/mol. The predicted molar refractivity (Wildman–Crippen MR) is 50.5 cm³/mol. The number of hydrogen-bond acceptors (Lipinski definition) is 0. The van der Waals surface area contributed by atoms with Gasteiger partial charge in [0, 0.05) is 0 Å². The van der Waals surface area contributed by atoms with E-state index in [9.17, 15) is 0 Å². The minimum Gasteiger partial charge on any atom is -0.0995 e. The van der Waals surface area contributed by atoms with Gasteiger partial charge in [0.2, 0.25) is 0 Å². The second-order valence-corrected chi connectivity index (χ2v) is 3.75. The Bertz CT molecular complexity index is 176. The van der Waals surface area contributed by atoms with Gasteiger partial charge >= 0.3 is 0 Å². The normalized spacial score (nSPS) is 32.5. The maximum absolute atomic E-state index is 4.08. The third-order valence-electron chi connectivity index (χ3n) is 2.90. The molecule has 0 aromatic rings. The molecule has 1 rings (SSSR count). The van der Waals surface area contributed by atoms with Crippen LogP contribution in [0, 0.1) is 11.8 Å². The van der Waals surface area contributed by atoms with E-state index in [2.05, 4.69) is 27.0 Å². The quantitative estimate of drug-likeness (QED) is 0.501. The molecule has 0 aromatic heterocycles. The van der Waals surface area contributed by atoms with Crippen LogP contribution in [0.3, 0.4) is 0 Å². The Balaban J connectivity index is 2.66. The average molecular weight is 150 g/mol. The van der Waals surface area contributed by atoms with Gasteiger partial charge in [0.25, 0.3) is 0 Å². The fraction of sp³-hybridized carbons (Fsp3) is 0.636. The largest absolute Gasteiger partial charge is 0.0995 e. The molecule has 2 atom stereocenters. The van der Waals surface area contributed by atoms with Gasteiger partial charge in [-0.15, -0.1) is 0 Å². The van der Waals surface area contributed by atoms with Crippen molar-refractivity contribution in [2.45, 2.75) is 33.1 Å². The van der Waals surface area contributed by atoms with Crippen LogP contribution in [0.4, 0.5) is 0 Å². The lowest BCUT2D eigenvalue weighted by Gasteiger charge is -2.31. The van der Waals surface area contributed by atoms with Crippen molar-refractivity contribution in [2.75, 3.05) is 0 Å². The average Bonchev–Trinajstić information content (AvgIpc) is 1.96. The highest BCUT2D eigenvalue weighted by Crippen LogP contribution is 2.37. The Kier molecular flexibility index (Phi) is 2.53. The molecule has 0 radical (unpaired) electrons. The van der Waals surface area contributed by atoms with Crippen LogP contribution in [0.25, 0.3) is 0 Å². The Morgan fingerprint density at radius 2 is 2.09 bits per heavy atom. The highest BCUT2D eigenvalue weighted by molar-refractivity contribution is 5.18. The molecule has 0 aromatic carbocycles. The van der Waals surface area contributed by atoms with Crippen molar-refractivity contribution in [1.29, 1.82) is 0 Å². The lowest BCUT2D eigenvalue weighted by atomic mass is 9.74. The third kappa shape index (κ3) is 1.74. The molecule has 0 nitrogen and oxygen atoms in total. The van der Waals surface area contributed by atoms with Crippen molar-refractivity contribution in [1.82, 2.24) is 0 Å². The lowest BCUT2D eigenvalue weighted by Crippen LogP contribution is -2.19. The van der Waals surface area contributed by atoms with E-state index in [1.807, 2.05) is 0 Å². The van der Waals surface area contributed by atoms with Gasteiger partial charge in [-0.1, -0.05) is 44.6 Å². The summed E-state index contributed by atoms with van der Waals surface area (Å²) in [5, 5.41) is 0. The van der Waals surface area contributed by atoms with Crippen LogP contribution in [0.15, 0.2) is 24.3 Å². The molecule has 0 unspecified atom stereocenters. The lowest BCUT2D eigenvalue weighted by molar-refractivity contribution is 0.357. The predicted octanol–water partition coefficient (Wildman–Crippen LogP) is 3.55. The summed E-state index contributed by atoms with van der Waals surface area (Å²) in [7, 11) is 0.